The van der Waals surface area contributed by atoms with Crippen molar-refractivity contribution in [3.63, 3.8) is 0 Å². The van der Waals surface area contributed by atoms with Gasteiger partial charge in [-0.25, -0.2) is 9.97 Å². The van der Waals surface area contributed by atoms with Gasteiger partial charge in [0.15, 0.2) is 0 Å². The normalized spacial score (nSPS) is 18.7. The Balaban J connectivity index is 1.22. The van der Waals surface area contributed by atoms with Crippen LogP contribution in [0.1, 0.15) is 48.1 Å². The van der Waals surface area contributed by atoms with Gasteiger partial charge in [-0.3, -0.25) is 4.79 Å². The summed E-state index contributed by atoms with van der Waals surface area (Å²) in [4.78, 5) is 26.8. The SMILES string of the molecule is Cc1sc2ncnc(N3CCC(C(=O)NCC4(c5ccccc5)CCC4)CC3)c2c1C. The molecule has 5 rings (SSSR count). The Bertz CT molecular complexity index is 1080. The van der Waals surface area contributed by atoms with Crippen LogP contribution in [0.25, 0.3) is 10.2 Å². The molecule has 1 aliphatic carbocycles. The molecule has 5 nitrogen and oxygen atoms in total. The van der Waals surface area contributed by atoms with Gasteiger partial charge in [0.05, 0.1) is 5.39 Å². The van der Waals surface area contributed by atoms with Gasteiger partial charge in [0, 0.05) is 35.8 Å². The summed E-state index contributed by atoms with van der Waals surface area (Å²) in [6, 6.07) is 10.7. The lowest BCUT2D eigenvalue weighted by Crippen LogP contribution is -2.48. The highest BCUT2D eigenvalue weighted by Crippen LogP contribution is 2.43. The van der Waals surface area contributed by atoms with Gasteiger partial charge in [0.25, 0.3) is 0 Å². The maximum atomic E-state index is 13.0. The topological polar surface area (TPSA) is 58.1 Å². The van der Waals surface area contributed by atoms with Crippen molar-refractivity contribution in [3.8, 4) is 0 Å². The number of benzene rings is 1. The molecular weight excluding hydrogens is 404 g/mol. The van der Waals surface area contributed by atoms with E-state index in [0.717, 1.165) is 43.1 Å². The van der Waals surface area contributed by atoms with E-state index in [2.05, 4.69) is 64.4 Å². The van der Waals surface area contributed by atoms with Gasteiger partial charge < -0.3 is 10.2 Å². The number of thiophene rings is 1. The molecular formula is C25H30N4OS. The van der Waals surface area contributed by atoms with Crippen molar-refractivity contribution in [2.24, 2.45) is 5.92 Å². The third-order valence-electron chi connectivity index (χ3n) is 7.41. The maximum Gasteiger partial charge on any atom is 0.223 e. The standard InChI is InChI=1S/C25H30N4OS/c1-17-18(2)31-24-21(17)22(27-16-28-24)29-13-9-19(10-14-29)23(30)26-15-25(11-6-12-25)20-7-4-3-5-8-20/h3-5,7-8,16,19H,6,9-15H2,1-2H3,(H,26,30). The summed E-state index contributed by atoms with van der Waals surface area (Å²) in [6.07, 6.45) is 7.00. The molecule has 162 valence electrons. The highest BCUT2D eigenvalue weighted by molar-refractivity contribution is 7.18. The zero-order valence-corrected chi connectivity index (χ0v) is 19.2. The van der Waals surface area contributed by atoms with Crippen LogP contribution < -0.4 is 10.2 Å². The van der Waals surface area contributed by atoms with E-state index in [-0.39, 0.29) is 17.2 Å². The molecule has 2 aliphatic rings. The minimum absolute atomic E-state index is 0.0896. The zero-order chi connectivity index (χ0) is 21.4. The summed E-state index contributed by atoms with van der Waals surface area (Å²) in [5, 5.41) is 4.49. The summed E-state index contributed by atoms with van der Waals surface area (Å²) < 4.78 is 0. The number of rotatable bonds is 5. The van der Waals surface area contributed by atoms with Crippen LogP contribution in [0, 0.1) is 19.8 Å². The monoisotopic (exact) mass is 434 g/mol. The van der Waals surface area contributed by atoms with Gasteiger partial charge in [-0.05, 0) is 50.7 Å². The Labute approximate surface area is 187 Å². The molecule has 3 heterocycles. The molecule has 1 aliphatic heterocycles. The number of aromatic nitrogens is 2. The molecule has 1 amide bonds. The first-order chi connectivity index (χ1) is 15.1. The van der Waals surface area contributed by atoms with E-state index in [4.69, 9.17) is 0 Å². The number of hydrogen-bond donors (Lipinski definition) is 1. The summed E-state index contributed by atoms with van der Waals surface area (Å²) in [6.45, 7) is 6.79. The summed E-state index contributed by atoms with van der Waals surface area (Å²) in [5.74, 6) is 1.34. The van der Waals surface area contributed by atoms with Crippen LogP contribution in [-0.2, 0) is 10.2 Å². The first-order valence-corrected chi connectivity index (χ1v) is 12.2. The van der Waals surface area contributed by atoms with Crippen LogP contribution in [0.5, 0.6) is 0 Å². The Morgan fingerprint density at radius 1 is 1.16 bits per heavy atom. The highest BCUT2D eigenvalue weighted by atomic mass is 32.1. The van der Waals surface area contributed by atoms with Gasteiger partial charge in [0.1, 0.15) is 17.0 Å². The Kier molecular flexibility index (Phi) is 5.42. The average Bonchev–Trinajstić information content (AvgIpc) is 3.07. The number of carbonyl (C=O) groups excluding carboxylic acids is 1. The molecule has 0 atom stereocenters. The molecule has 1 saturated carbocycles. The number of nitrogens with one attached hydrogen (secondary N) is 1. The molecule has 1 aromatic carbocycles. The van der Waals surface area contributed by atoms with E-state index in [1.165, 1.54) is 40.7 Å². The average molecular weight is 435 g/mol. The molecule has 6 heteroatoms. The minimum atomic E-state index is 0.0896. The minimum Gasteiger partial charge on any atom is -0.356 e. The third kappa shape index (κ3) is 3.71. The number of piperidine rings is 1. The van der Waals surface area contributed by atoms with Crippen molar-refractivity contribution in [3.05, 3.63) is 52.7 Å². The van der Waals surface area contributed by atoms with E-state index in [0.29, 0.717) is 0 Å². The van der Waals surface area contributed by atoms with Crippen LogP contribution in [0.2, 0.25) is 0 Å². The molecule has 1 N–H and O–H groups in total. The van der Waals surface area contributed by atoms with Crippen LogP contribution >= 0.6 is 11.3 Å². The number of aryl methyl sites for hydroxylation is 2. The maximum absolute atomic E-state index is 13.0. The lowest BCUT2D eigenvalue weighted by atomic mass is 9.64. The van der Waals surface area contributed by atoms with Crippen molar-refractivity contribution in [2.75, 3.05) is 24.5 Å². The van der Waals surface area contributed by atoms with E-state index in [1.807, 2.05) is 0 Å². The Morgan fingerprint density at radius 3 is 2.58 bits per heavy atom. The second-order valence-corrected chi connectivity index (χ2v) is 10.3. The molecule has 1 saturated heterocycles. The van der Waals surface area contributed by atoms with Gasteiger partial charge >= 0.3 is 0 Å². The fraction of sp³-hybridized carbons (Fsp3) is 0.480. The van der Waals surface area contributed by atoms with Gasteiger partial charge in [-0.1, -0.05) is 36.8 Å². The molecule has 2 aromatic heterocycles. The number of anilines is 1. The quantitative estimate of drug-likeness (QED) is 0.629. The van der Waals surface area contributed by atoms with Crippen molar-refractivity contribution in [1.82, 2.24) is 15.3 Å². The van der Waals surface area contributed by atoms with Crippen molar-refractivity contribution in [1.29, 1.82) is 0 Å². The second kappa shape index (κ2) is 8.23. The first kappa shape index (κ1) is 20.4. The van der Waals surface area contributed by atoms with E-state index < -0.39 is 0 Å². The number of nitrogens with zero attached hydrogens (tertiary/aromatic N) is 3. The Hall–Kier alpha value is -2.47. The van der Waals surface area contributed by atoms with Gasteiger partial charge in [-0.15, -0.1) is 11.3 Å². The summed E-state index contributed by atoms with van der Waals surface area (Å²) >= 11 is 1.74. The van der Waals surface area contributed by atoms with Crippen molar-refractivity contribution in [2.45, 2.75) is 51.4 Å². The van der Waals surface area contributed by atoms with Crippen LogP contribution in [0.3, 0.4) is 0 Å². The van der Waals surface area contributed by atoms with E-state index in [9.17, 15) is 4.79 Å². The van der Waals surface area contributed by atoms with Crippen LogP contribution in [0.15, 0.2) is 36.7 Å². The Morgan fingerprint density at radius 2 is 1.90 bits per heavy atom. The molecule has 3 aromatic rings. The predicted molar refractivity (Wildman–Crippen MR) is 127 cm³/mol. The van der Waals surface area contributed by atoms with E-state index in [1.54, 1.807) is 17.7 Å². The number of carbonyl (C=O) groups is 1. The van der Waals surface area contributed by atoms with Crippen LogP contribution in [-0.4, -0.2) is 35.5 Å². The highest BCUT2D eigenvalue weighted by Gasteiger charge is 2.39. The molecule has 2 fully saturated rings. The summed E-state index contributed by atoms with van der Waals surface area (Å²) in [7, 11) is 0. The smallest absolute Gasteiger partial charge is 0.223 e. The third-order valence-corrected chi connectivity index (χ3v) is 8.52. The lowest BCUT2D eigenvalue weighted by Gasteiger charge is -2.43. The molecule has 0 bridgehead atoms. The molecule has 31 heavy (non-hydrogen) atoms. The van der Waals surface area contributed by atoms with Crippen molar-refractivity contribution < 1.29 is 4.79 Å². The van der Waals surface area contributed by atoms with Crippen molar-refractivity contribution >= 4 is 33.3 Å². The van der Waals surface area contributed by atoms with E-state index >= 15 is 0 Å². The number of fused-ring (bicyclic) bond motifs is 1. The van der Waals surface area contributed by atoms with Gasteiger partial charge in [-0.2, -0.15) is 0 Å². The second-order valence-electron chi connectivity index (χ2n) is 9.14. The lowest BCUT2D eigenvalue weighted by molar-refractivity contribution is -0.126. The zero-order valence-electron chi connectivity index (χ0n) is 18.4. The fourth-order valence-electron chi connectivity index (χ4n) is 5.12. The molecule has 0 radical (unpaired) electrons. The predicted octanol–water partition coefficient (Wildman–Crippen LogP) is 4.76. The molecule has 0 spiro atoms. The fourth-order valence-corrected chi connectivity index (χ4v) is 6.11. The number of hydrogen-bond acceptors (Lipinski definition) is 5. The summed E-state index contributed by atoms with van der Waals surface area (Å²) in [5.41, 5.74) is 2.78. The first-order valence-electron chi connectivity index (χ1n) is 11.4. The number of amides is 1. The largest absolute Gasteiger partial charge is 0.356 e. The van der Waals surface area contributed by atoms with Gasteiger partial charge in [0.2, 0.25) is 5.91 Å². The molecule has 0 unspecified atom stereocenters. The van der Waals surface area contributed by atoms with Crippen LogP contribution in [0.4, 0.5) is 5.82 Å².